The van der Waals surface area contributed by atoms with Gasteiger partial charge in [-0.15, -0.1) is 0 Å². The summed E-state index contributed by atoms with van der Waals surface area (Å²) in [5.74, 6) is -1.08. The first kappa shape index (κ1) is 20.4. The van der Waals surface area contributed by atoms with Crippen molar-refractivity contribution in [3.8, 4) is 5.75 Å². The molecule has 2 rings (SSSR count). The molecule has 0 saturated carbocycles. The van der Waals surface area contributed by atoms with E-state index < -0.39 is 15.8 Å². The summed E-state index contributed by atoms with van der Waals surface area (Å²) in [5.41, 5.74) is 0.0509. The summed E-state index contributed by atoms with van der Waals surface area (Å²) in [6.07, 6.45) is 2.92. The van der Waals surface area contributed by atoms with Crippen molar-refractivity contribution in [3.63, 3.8) is 0 Å². The molecule has 0 fully saturated rings. The highest BCUT2D eigenvalue weighted by atomic mass is 32.2. The summed E-state index contributed by atoms with van der Waals surface area (Å²) in [6, 6.07) is 8.90. The smallest absolute Gasteiger partial charge is 0.354 e. The number of hydrogen-bond donors (Lipinski definition) is 1. The molecule has 1 aromatic carbocycles. The highest BCUT2D eigenvalue weighted by Gasteiger charge is 2.14. The molecule has 0 aliphatic heterocycles. The van der Waals surface area contributed by atoms with Gasteiger partial charge in [0.25, 0.3) is 5.91 Å². The van der Waals surface area contributed by atoms with Gasteiger partial charge in [0.05, 0.1) is 11.5 Å². The molecule has 27 heavy (non-hydrogen) atoms. The van der Waals surface area contributed by atoms with Gasteiger partial charge < -0.3 is 14.7 Å². The van der Waals surface area contributed by atoms with Crippen molar-refractivity contribution in [2.45, 2.75) is 11.3 Å². The topological polar surface area (TPSA) is 114 Å². The van der Waals surface area contributed by atoms with Gasteiger partial charge in [-0.1, -0.05) is 6.07 Å². The van der Waals surface area contributed by atoms with Crippen molar-refractivity contribution in [1.29, 1.82) is 0 Å². The van der Waals surface area contributed by atoms with Crippen LogP contribution in [-0.4, -0.2) is 61.7 Å². The Bertz CT molecular complexity index is 942. The Morgan fingerprint density at radius 2 is 1.96 bits per heavy atom. The molecular weight excluding hydrogens is 372 g/mol. The number of carboxylic acid groups (broad SMARTS) is 1. The number of pyridine rings is 1. The van der Waals surface area contributed by atoms with Crippen molar-refractivity contribution >= 4 is 21.7 Å². The SMILES string of the molecule is CN(CCCOc1cccc(S(C)(=O)=O)c1)C(=O)c1ccnc(C(=O)O)c1. The second kappa shape index (κ2) is 8.63. The van der Waals surface area contributed by atoms with Crippen LogP contribution in [0.3, 0.4) is 0 Å². The lowest BCUT2D eigenvalue weighted by Crippen LogP contribution is -2.29. The number of aromatic nitrogens is 1. The zero-order chi connectivity index (χ0) is 20.0. The maximum absolute atomic E-state index is 12.3. The summed E-state index contributed by atoms with van der Waals surface area (Å²) in [7, 11) is -1.70. The van der Waals surface area contributed by atoms with Crippen molar-refractivity contribution in [1.82, 2.24) is 9.88 Å². The number of nitrogens with zero attached hydrogens (tertiary/aromatic N) is 2. The van der Waals surface area contributed by atoms with Crippen LogP contribution >= 0.6 is 0 Å². The number of hydrogen-bond acceptors (Lipinski definition) is 6. The van der Waals surface area contributed by atoms with Gasteiger partial charge >= 0.3 is 5.97 Å². The molecule has 0 saturated heterocycles. The summed E-state index contributed by atoms with van der Waals surface area (Å²) in [5, 5.41) is 8.94. The van der Waals surface area contributed by atoms with Crippen molar-refractivity contribution in [3.05, 3.63) is 53.9 Å². The van der Waals surface area contributed by atoms with E-state index in [2.05, 4.69) is 4.98 Å². The fourth-order valence-electron chi connectivity index (χ4n) is 2.29. The number of carbonyl (C=O) groups is 2. The number of benzene rings is 1. The van der Waals surface area contributed by atoms with Crippen LogP contribution in [0.1, 0.15) is 27.3 Å². The van der Waals surface area contributed by atoms with E-state index in [0.717, 1.165) is 6.26 Å². The van der Waals surface area contributed by atoms with Crippen LogP contribution < -0.4 is 4.74 Å². The number of rotatable bonds is 8. The number of aromatic carboxylic acids is 1. The highest BCUT2D eigenvalue weighted by Crippen LogP contribution is 2.17. The molecule has 0 aliphatic carbocycles. The molecule has 8 nitrogen and oxygen atoms in total. The van der Waals surface area contributed by atoms with E-state index in [1.54, 1.807) is 19.2 Å². The van der Waals surface area contributed by atoms with E-state index in [4.69, 9.17) is 9.84 Å². The second-order valence-corrected chi connectivity index (χ2v) is 7.93. The summed E-state index contributed by atoms with van der Waals surface area (Å²) in [4.78, 5) is 28.6. The van der Waals surface area contributed by atoms with Gasteiger partial charge in [-0.2, -0.15) is 0 Å². The molecule has 144 valence electrons. The van der Waals surface area contributed by atoms with Gasteiger partial charge in [0.2, 0.25) is 0 Å². The summed E-state index contributed by atoms with van der Waals surface area (Å²) >= 11 is 0. The van der Waals surface area contributed by atoms with Crippen LogP contribution in [0.15, 0.2) is 47.5 Å². The largest absolute Gasteiger partial charge is 0.493 e. The van der Waals surface area contributed by atoms with E-state index in [0.29, 0.717) is 25.3 Å². The Morgan fingerprint density at radius 3 is 2.63 bits per heavy atom. The van der Waals surface area contributed by atoms with Crippen molar-refractivity contribution in [2.24, 2.45) is 0 Å². The number of sulfone groups is 1. The minimum atomic E-state index is -3.30. The Kier molecular flexibility index (Phi) is 6.51. The highest BCUT2D eigenvalue weighted by molar-refractivity contribution is 7.90. The van der Waals surface area contributed by atoms with Gasteiger partial charge in [0.15, 0.2) is 9.84 Å². The molecule has 0 aliphatic rings. The van der Waals surface area contributed by atoms with Gasteiger partial charge in [-0.3, -0.25) is 4.79 Å². The molecule has 2 aromatic rings. The predicted molar refractivity (Wildman–Crippen MR) is 97.8 cm³/mol. The molecule has 0 spiro atoms. The van der Waals surface area contributed by atoms with Gasteiger partial charge in [0.1, 0.15) is 11.4 Å². The third-order valence-corrected chi connectivity index (χ3v) is 4.82. The maximum atomic E-state index is 12.3. The molecule has 1 amide bonds. The maximum Gasteiger partial charge on any atom is 0.354 e. The first-order valence-corrected chi connectivity index (χ1v) is 9.95. The van der Waals surface area contributed by atoms with E-state index in [9.17, 15) is 18.0 Å². The van der Waals surface area contributed by atoms with Gasteiger partial charge in [0, 0.05) is 31.6 Å². The third-order valence-electron chi connectivity index (χ3n) is 3.71. The van der Waals surface area contributed by atoms with Crippen LogP contribution in [0.25, 0.3) is 0 Å². The quantitative estimate of drug-likeness (QED) is 0.680. The predicted octanol–water partition coefficient (Wildman–Crippen LogP) is 1.72. The molecule has 1 N–H and O–H groups in total. The van der Waals surface area contributed by atoms with Gasteiger partial charge in [-0.25, -0.2) is 18.2 Å². The first-order chi connectivity index (χ1) is 12.7. The van der Waals surface area contributed by atoms with Gasteiger partial charge in [-0.05, 0) is 36.8 Å². The monoisotopic (exact) mass is 392 g/mol. The lowest BCUT2D eigenvalue weighted by molar-refractivity contribution is 0.0690. The van der Waals surface area contributed by atoms with Crippen LogP contribution in [0.2, 0.25) is 0 Å². The average Bonchev–Trinajstić information content (AvgIpc) is 2.64. The number of carbonyl (C=O) groups excluding carboxylic acids is 1. The Hall–Kier alpha value is -2.94. The molecule has 0 atom stereocenters. The molecule has 0 bridgehead atoms. The van der Waals surface area contributed by atoms with E-state index in [1.807, 2.05) is 0 Å². The summed E-state index contributed by atoms with van der Waals surface area (Å²) in [6.45, 7) is 0.677. The van der Waals surface area contributed by atoms with Crippen molar-refractivity contribution in [2.75, 3.05) is 26.5 Å². The lowest BCUT2D eigenvalue weighted by atomic mass is 10.2. The van der Waals surface area contributed by atoms with Crippen LogP contribution in [0, 0.1) is 0 Å². The third kappa shape index (κ3) is 5.78. The molecule has 9 heteroatoms. The zero-order valence-corrected chi connectivity index (χ0v) is 15.8. The Balaban J connectivity index is 1.87. The number of amides is 1. The first-order valence-electron chi connectivity index (χ1n) is 8.06. The molecule has 0 radical (unpaired) electrons. The minimum absolute atomic E-state index is 0.180. The Morgan fingerprint density at radius 1 is 1.22 bits per heavy atom. The van der Waals surface area contributed by atoms with E-state index >= 15 is 0 Å². The second-order valence-electron chi connectivity index (χ2n) is 5.91. The number of carboxylic acids is 1. The minimum Gasteiger partial charge on any atom is -0.493 e. The molecule has 1 heterocycles. The standard InChI is InChI=1S/C18H20N2O6S/c1-20(17(21)13-7-8-19-16(11-13)18(22)23)9-4-10-26-14-5-3-6-15(12-14)27(2,24)25/h3,5-8,11-12H,4,9-10H2,1-2H3,(H,22,23). The molecule has 1 aromatic heterocycles. The van der Waals surface area contributed by atoms with Crippen LogP contribution in [0.4, 0.5) is 0 Å². The summed E-state index contributed by atoms with van der Waals surface area (Å²) < 4.78 is 28.6. The van der Waals surface area contributed by atoms with Crippen LogP contribution in [0.5, 0.6) is 5.75 Å². The van der Waals surface area contributed by atoms with Crippen molar-refractivity contribution < 1.29 is 27.9 Å². The van der Waals surface area contributed by atoms with Crippen LogP contribution in [-0.2, 0) is 9.84 Å². The average molecular weight is 392 g/mol. The van der Waals surface area contributed by atoms with E-state index in [-0.39, 0.29) is 22.1 Å². The Labute approximate surface area is 157 Å². The fraction of sp³-hybridized carbons (Fsp3) is 0.278. The molecular formula is C18H20N2O6S. The van der Waals surface area contributed by atoms with E-state index in [1.165, 1.54) is 35.4 Å². The zero-order valence-electron chi connectivity index (χ0n) is 15.0. The fourth-order valence-corrected chi connectivity index (χ4v) is 2.94. The molecule has 0 unspecified atom stereocenters. The lowest BCUT2D eigenvalue weighted by Gasteiger charge is -2.17. The number of ether oxygens (including phenoxy) is 1. The normalized spacial score (nSPS) is 11.0.